The number of hydrogen-bond acceptors (Lipinski definition) is 0. The van der Waals surface area contributed by atoms with Gasteiger partial charge in [0.1, 0.15) is 0 Å². The van der Waals surface area contributed by atoms with Crippen molar-refractivity contribution in [3.8, 4) is 0 Å². The highest BCUT2D eigenvalue weighted by molar-refractivity contribution is 5.87. The lowest BCUT2D eigenvalue weighted by atomic mass is 9.59. The summed E-state index contributed by atoms with van der Waals surface area (Å²) in [6.45, 7) is 8.00. The molecule has 0 radical (unpaired) electrons. The predicted molar refractivity (Wildman–Crippen MR) is 165 cm³/mol. The topological polar surface area (TPSA) is 0 Å². The summed E-state index contributed by atoms with van der Waals surface area (Å²) < 4.78 is 0. The molecule has 0 saturated carbocycles. The van der Waals surface area contributed by atoms with Crippen molar-refractivity contribution in [1.29, 1.82) is 0 Å². The van der Waals surface area contributed by atoms with Gasteiger partial charge in [-0.3, -0.25) is 0 Å². The number of fused-ring (bicyclic) bond motifs is 4. The van der Waals surface area contributed by atoms with Gasteiger partial charge in [-0.1, -0.05) is 149 Å². The van der Waals surface area contributed by atoms with Gasteiger partial charge in [-0.2, -0.15) is 0 Å². The van der Waals surface area contributed by atoms with Crippen LogP contribution in [0.25, 0.3) is 21.5 Å². The van der Waals surface area contributed by atoms with Gasteiger partial charge in [0.25, 0.3) is 0 Å². The molecule has 0 heterocycles. The van der Waals surface area contributed by atoms with E-state index in [1.54, 1.807) is 0 Å². The van der Waals surface area contributed by atoms with Crippen molar-refractivity contribution in [1.82, 2.24) is 0 Å². The van der Waals surface area contributed by atoms with E-state index in [9.17, 15) is 0 Å². The van der Waals surface area contributed by atoms with Gasteiger partial charge < -0.3 is 0 Å². The molecule has 0 spiro atoms. The first-order valence-corrected chi connectivity index (χ1v) is 14.0. The standard InChI is InChI=1S/C34H24.2C2H6/c1-3-11-26-22-30(19-17-24(26)9-1)34(31-20-18-25-10-2-4-12-27(25)23-31)32-15-7-5-13-28(32)21-29-14-6-8-16-33(29)34;2*1-2/h1-20,22-23H,21H2;2*1-2H3. The molecule has 0 aliphatic heterocycles. The fourth-order valence-corrected chi connectivity index (χ4v) is 6.06. The van der Waals surface area contributed by atoms with Crippen LogP contribution in [0.1, 0.15) is 61.1 Å². The lowest BCUT2D eigenvalue weighted by Crippen LogP contribution is -2.36. The van der Waals surface area contributed by atoms with Crippen LogP contribution in [0.2, 0.25) is 0 Å². The van der Waals surface area contributed by atoms with Crippen LogP contribution in [0, 0.1) is 0 Å². The van der Waals surface area contributed by atoms with Gasteiger partial charge in [0.15, 0.2) is 0 Å². The normalized spacial score (nSPS) is 12.8. The molecule has 0 atom stereocenters. The van der Waals surface area contributed by atoms with Gasteiger partial charge in [-0.25, -0.2) is 0 Å². The van der Waals surface area contributed by atoms with Gasteiger partial charge in [0, 0.05) is 0 Å². The lowest BCUT2D eigenvalue weighted by Gasteiger charge is -2.42. The fourth-order valence-electron chi connectivity index (χ4n) is 6.06. The molecule has 7 rings (SSSR count). The second-order valence-corrected chi connectivity index (χ2v) is 9.36. The summed E-state index contributed by atoms with van der Waals surface area (Å²) >= 11 is 0. The molecule has 6 aromatic rings. The average molecular weight is 493 g/mol. The Balaban J connectivity index is 0.000000704. The summed E-state index contributed by atoms with van der Waals surface area (Å²) in [5.41, 5.74) is 7.85. The molecule has 0 unspecified atom stereocenters. The minimum atomic E-state index is -0.375. The first-order valence-electron chi connectivity index (χ1n) is 14.0. The molecule has 0 N–H and O–H groups in total. The van der Waals surface area contributed by atoms with Crippen LogP contribution in [0.15, 0.2) is 133 Å². The van der Waals surface area contributed by atoms with Gasteiger partial charge in [-0.15, -0.1) is 0 Å². The van der Waals surface area contributed by atoms with Gasteiger partial charge >= 0.3 is 0 Å². The highest BCUT2D eigenvalue weighted by atomic mass is 14.4. The highest BCUT2D eigenvalue weighted by Gasteiger charge is 2.43. The second kappa shape index (κ2) is 11.1. The Hall–Kier alpha value is -4.16. The molecular formula is C38H36. The summed E-state index contributed by atoms with van der Waals surface area (Å²) in [6.07, 6.45) is 0.968. The Morgan fingerprint density at radius 1 is 0.395 bits per heavy atom. The van der Waals surface area contributed by atoms with Gasteiger partial charge in [0.05, 0.1) is 5.41 Å². The highest BCUT2D eigenvalue weighted by Crippen LogP contribution is 2.51. The molecule has 0 nitrogen and oxygen atoms in total. The van der Waals surface area contributed by atoms with Crippen molar-refractivity contribution in [2.45, 2.75) is 39.5 Å². The molecule has 0 bridgehead atoms. The summed E-state index contributed by atoms with van der Waals surface area (Å²) in [5, 5.41) is 5.11. The molecule has 6 aromatic carbocycles. The average Bonchev–Trinajstić information content (AvgIpc) is 3.01. The quantitative estimate of drug-likeness (QED) is 0.225. The number of rotatable bonds is 2. The third-order valence-corrected chi connectivity index (χ3v) is 7.59. The maximum absolute atomic E-state index is 2.41. The van der Waals surface area contributed by atoms with Crippen LogP contribution in [-0.2, 0) is 11.8 Å². The molecule has 0 amide bonds. The molecule has 38 heavy (non-hydrogen) atoms. The zero-order chi connectivity index (χ0) is 26.5. The first kappa shape index (κ1) is 25.5. The molecular weight excluding hydrogens is 456 g/mol. The van der Waals surface area contributed by atoms with E-state index in [0.29, 0.717) is 0 Å². The molecule has 1 aliphatic carbocycles. The Morgan fingerprint density at radius 3 is 1.21 bits per heavy atom. The summed E-state index contributed by atoms with van der Waals surface area (Å²) in [7, 11) is 0. The Morgan fingerprint density at radius 2 is 0.763 bits per heavy atom. The predicted octanol–water partition coefficient (Wildman–Crippen LogP) is 10.3. The monoisotopic (exact) mass is 492 g/mol. The van der Waals surface area contributed by atoms with Crippen LogP contribution < -0.4 is 0 Å². The summed E-state index contributed by atoms with van der Waals surface area (Å²) in [5.74, 6) is 0. The largest absolute Gasteiger partial charge is 0.0707 e. The molecule has 0 heteroatoms. The van der Waals surface area contributed by atoms with E-state index in [-0.39, 0.29) is 5.41 Å². The zero-order valence-corrected chi connectivity index (χ0v) is 22.9. The molecule has 0 aromatic heterocycles. The zero-order valence-electron chi connectivity index (χ0n) is 22.9. The Bertz CT molecular complexity index is 1560. The van der Waals surface area contributed by atoms with E-state index in [1.807, 2.05) is 27.7 Å². The fraction of sp³-hybridized carbons (Fsp3) is 0.158. The Labute approximate surface area is 227 Å². The second-order valence-electron chi connectivity index (χ2n) is 9.36. The van der Waals surface area contributed by atoms with Crippen molar-refractivity contribution in [3.05, 3.63) is 167 Å². The van der Waals surface area contributed by atoms with Crippen LogP contribution in [-0.4, -0.2) is 0 Å². The maximum Gasteiger partial charge on any atom is 0.0707 e. The molecule has 188 valence electrons. The minimum absolute atomic E-state index is 0.375. The smallest absolute Gasteiger partial charge is 0.0683 e. The van der Waals surface area contributed by atoms with Crippen molar-refractivity contribution < 1.29 is 0 Å². The molecule has 0 fully saturated rings. The van der Waals surface area contributed by atoms with E-state index >= 15 is 0 Å². The van der Waals surface area contributed by atoms with E-state index in [2.05, 4.69) is 133 Å². The molecule has 0 saturated heterocycles. The maximum atomic E-state index is 2.41. The number of benzene rings is 6. The third-order valence-electron chi connectivity index (χ3n) is 7.59. The van der Waals surface area contributed by atoms with Crippen LogP contribution in [0.5, 0.6) is 0 Å². The summed E-state index contributed by atoms with van der Waals surface area (Å²) in [4.78, 5) is 0. The van der Waals surface area contributed by atoms with Crippen LogP contribution in [0.4, 0.5) is 0 Å². The van der Waals surface area contributed by atoms with Crippen molar-refractivity contribution in [2.24, 2.45) is 0 Å². The van der Waals surface area contributed by atoms with E-state index in [1.165, 1.54) is 54.9 Å². The van der Waals surface area contributed by atoms with E-state index < -0.39 is 0 Å². The van der Waals surface area contributed by atoms with Gasteiger partial charge in [-0.05, 0) is 73.5 Å². The van der Waals surface area contributed by atoms with Crippen molar-refractivity contribution >= 4 is 21.5 Å². The third kappa shape index (κ3) is 4.11. The Kier molecular flexibility index (Phi) is 7.43. The summed E-state index contributed by atoms with van der Waals surface area (Å²) in [6, 6.07) is 49.5. The van der Waals surface area contributed by atoms with Crippen molar-refractivity contribution in [2.75, 3.05) is 0 Å². The van der Waals surface area contributed by atoms with Crippen LogP contribution >= 0.6 is 0 Å². The SMILES string of the molecule is CC.CC.c1ccc2c(c1)Cc1ccccc1C2(c1ccc2ccccc2c1)c1ccc2ccccc2c1. The van der Waals surface area contributed by atoms with E-state index in [0.717, 1.165) is 6.42 Å². The van der Waals surface area contributed by atoms with Gasteiger partial charge in [0.2, 0.25) is 0 Å². The van der Waals surface area contributed by atoms with Crippen LogP contribution in [0.3, 0.4) is 0 Å². The van der Waals surface area contributed by atoms with Crippen molar-refractivity contribution in [3.63, 3.8) is 0 Å². The molecule has 1 aliphatic rings. The number of hydrogen-bond donors (Lipinski definition) is 0. The first-order chi connectivity index (χ1) is 18.8. The lowest BCUT2D eigenvalue weighted by molar-refractivity contribution is 0.705. The van der Waals surface area contributed by atoms with E-state index in [4.69, 9.17) is 0 Å². The minimum Gasteiger partial charge on any atom is -0.0683 e.